The van der Waals surface area contributed by atoms with Crippen LogP contribution in [0.2, 0.25) is 0 Å². The maximum Gasteiger partial charge on any atom is 0.134 e. The fourth-order valence-corrected chi connectivity index (χ4v) is 3.11. The van der Waals surface area contributed by atoms with Crippen LogP contribution in [0.5, 0.6) is 5.75 Å². The largest absolute Gasteiger partial charge is 0.506 e. The van der Waals surface area contributed by atoms with Crippen molar-refractivity contribution in [3.63, 3.8) is 0 Å². The molecule has 3 nitrogen and oxygen atoms in total. The first-order valence-corrected chi connectivity index (χ1v) is 7.95. The highest BCUT2D eigenvalue weighted by atomic mass is 79.9. The number of phenolic OH excluding ortho intramolecular Hbond substituents is 1. The number of halogens is 3. The Bertz CT molecular complexity index is 415. The summed E-state index contributed by atoms with van der Waals surface area (Å²) >= 11 is 3.43. The normalized spacial score (nSPS) is 16.7. The van der Waals surface area contributed by atoms with Gasteiger partial charge in [0, 0.05) is 37.8 Å². The second-order valence-electron chi connectivity index (χ2n) is 5.12. The summed E-state index contributed by atoms with van der Waals surface area (Å²) in [5, 5.41) is 13.7. The van der Waals surface area contributed by atoms with Crippen LogP contribution in [0.15, 0.2) is 22.7 Å². The van der Waals surface area contributed by atoms with Gasteiger partial charge in [-0.1, -0.05) is 31.9 Å². The molecule has 0 aliphatic carbocycles. The molecule has 0 unspecified atom stereocenters. The van der Waals surface area contributed by atoms with Crippen LogP contribution in [0.25, 0.3) is 0 Å². The summed E-state index contributed by atoms with van der Waals surface area (Å²) in [5.74, 6) is 0.405. The SMILES string of the molecule is CCCC[C@@H](c1cccc(Br)c1O)N1CCNCC1.Cl.Cl. The molecule has 1 heterocycles. The Morgan fingerprint density at radius 1 is 1.29 bits per heavy atom. The number of hydrogen-bond acceptors (Lipinski definition) is 3. The third-order valence-electron chi connectivity index (χ3n) is 3.80. The van der Waals surface area contributed by atoms with Crippen molar-refractivity contribution in [2.24, 2.45) is 0 Å². The Balaban J connectivity index is 0.00000200. The molecule has 1 aliphatic rings. The second-order valence-corrected chi connectivity index (χ2v) is 5.98. The lowest BCUT2D eigenvalue weighted by Crippen LogP contribution is -2.45. The lowest BCUT2D eigenvalue weighted by molar-refractivity contribution is 0.160. The molecule has 1 atom stereocenters. The standard InChI is InChI=1S/C15H23BrN2O.2ClH/c1-2-3-7-14(18-10-8-17-9-11-18)12-5-4-6-13(16)15(12)19;;/h4-6,14,17,19H,2-3,7-11H2,1H3;2*1H/t14-;;/m0../s1. The van der Waals surface area contributed by atoms with E-state index in [2.05, 4.69) is 39.1 Å². The fraction of sp³-hybridized carbons (Fsp3) is 0.600. The van der Waals surface area contributed by atoms with Gasteiger partial charge in [0.25, 0.3) is 0 Å². The molecule has 122 valence electrons. The average molecular weight is 400 g/mol. The van der Waals surface area contributed by atoms with E-state index in [0.717, 1.165) is 42.6 Å². The topological polar surface area (TPSA) is 35.5 Å². The number of benzene rings is 1. The summed E-state index contributed by atoms with van der Waals surface area (Å²) in [7, 11) is 0. The van der Waals surface area contributed by atoms with Gasteiger partial charge in [-0.25, -0.2) is 0 Å². The molecule has 0 radical (unpaired) electrons. The van der Waals surface area contributed by atoms with Gasteiger partial charge in [0.05, 0.1) is 4.47 Å². The fourth-order valence-electron chi connectivity index (χ4n) is 2.73. The molecule has 1 saturated heterocycles. The van der Waals surface area contributed by atoms with Crippen LogP contribution in [0.3, 0.4) is 0 Å². The molecule has 0 aromatic heterocycles. The van der Waals surface area contributed by atoms with Crippen LogP contribution in [-0.4, -0.2) is 36.2 Å². The monoisotopic (exact) mass is 398 g/mol. The van der Waals surface area contributed by atoms with E-state index in [9.17, 15) is 5.11 Å². The van der Waals surface area contributed by atoms with E-state index in [4.69, 9.17) is 0 Å². The maximum atomic E-state index is 10.3. The van der Waals surface area contributed by atoms with Crippen LogP contribution >= 0.6 is 40.7 Å². The molecule has 0 amide bonds. The van der Waals surface area contributed by atoms with E-state index in [-0.39, 0.29) is 24.8 Å². The smallest absolute Gasteiger partial charge is 0.134 e. The molecule has 1 aromatic rings. The Hall–Kier alpha value is -0.000000000000000111. The number of nitrogens with one attached hydrogen (secondary N) is 1. The lowest BCUT2D eigenvalue weighted by Gasteiger charge is -2.35. The Labute approximate surface area is 148 Å². The Morgan fingerprint density at radius 2 is 1.95 bits per heavy atom. The predicted octanol–water partition coefficient (Wildman–Crippen LogP) is 4.13. The molecule has 0 saturated carbocycles. The molecular formula is C15H25BrCl2N2O. The van der Waals surface area contributed by atoms with Crippen LogP contribution in [-0.2, 0) is 0 Å². The van der Waals surface area contributed by atoms with Gasteiger partial charge in [-0.15, -0.1) is 24.8 Å². The third-order valence-corrected chi connectivity index (χ3v) is 4.44. The minimum Gasteiger partial charge on any atom is -0.506 e. The van der Waals surface area contributed by atoms with E-state index in [1.807, 2.05) is 12.1 Å². The first-order chi connectivity index (χ1) is 9.24. The molecule has 0 spiro atoms. The summed E-state index contributed by atoms with van der Waals surface area (Å²) in [5.41, 5.74) is 1.06. The first kappa shape index (κ1) is 21.0. The molecule has 1 aromatic carbocycles. The van der Waals surface area contributed by atoms with Crippen molar-refractivity contribution in [2.75, 3.05) is 26.2 Å². The van der Waals surface area contributed by atoms with Crippen LogP contribution < -0.4 is 5.32 Å². The number of para-hydroxylation sites is 1. The number of hydrogen-bond donors (Lipinski definition) is 2. The molecule has 6 heteroatoms. The lowest BCUT2D eigenvalue weighted by atomic mass is 9.98. The van der Waals surface area contributed by atoms with Gasteiger partial charge in [0.2, 0.25) is 0 Å². The summed E-state index contributed by atoms with van der Waals surface area (Å²) in [6, 6.07) is 6.30. The van der Waals surface area contributed by atoms with E-state index in [0.29, 0.717) is 11.8 Å². The Morgan fingerprint density at radius 3 is 2.57 bits per heavy atom. The number of phenols is 1. The number of piperazine rings is 1. The van der Waals surface area contributed by atoms with Gasteiger partial charge >= 0.3 is 0 Å². The number of aromatic hydroxyl groups is 1. The summed E-state index contributed by atoms with van der Waals surface area (Å²) < 4.78 is 0.793. The minimum absolute atomic E-state index is 0. The van der Waals surface area contributed by atoms with Gasteiger partial charge in [-0.3, -0.25) is 4.90 Å². The number of unbranched alkanes of at least 4 members (excludes halogenated alkanes) is 1. The van der Waals surface area contributed by atoms with E-state index in [1.165, 1.54) is 12.8 Å². The van der Waals surface area contributed by atoms with Crippen LogP contribution in [0, 0.1) is 0 Å². The minimum atomic E-state index is 0. The van der Waals surface area contributed by atoms with E-state index >= 15 is 0 Å². The van der Waals surface area contributed by atoms with Crippen LogP contribution in [0.1, 0.15) is 37.8 Å². The van der Waals surface area contributed by atoms with Gasteiger partial charge in [-0.2, -0.15) is 0 Å². The highest BCUT2D eigenvalue weighted by Crippen LogP contribution is 2.36. The maximum absolute atomic E-state index is 10.3. The van der Waals surface area contributed by atoms with Crippen molar-refractivity contribution in [2.45, 2.75) is 32.2 Å². The molecule has 2 rings (SSSR count). The zero-order valence-corrected chi connectivity index (χ0v) is 15.6. The zero-order chi connectivity index (χ0) is 13.7. The van der Waals surface area contributed by atoms with Crippen LogP contribution in [0.4, 0.5) is 0 Å². The molecule has 1 fully saturated rings. The third kappa shape index (κ3) is 5.61. The summed E-state index contributed by atoms with van der Waals surface area (Å²) in [6.07, 6.45) is 3.50. The van der Waals surface area contributed by atoms with Gasteiger partial charge in [0.15, 0.2) is 0 Å². The van der Waals surface area contributed by atoms with Crippen molar-refractivity contribution in [1.29, 1.82) is 0 Å². The van der Waals surface area contributed by atoms with Gasteiger partial charge in [-0.05, 0) is 28.4 Å². The zero-order valence-electron chi connectivity index (χ0n) is 12.3. The summed E-state index contributed by atoms with van der Waals surface area (Å²) in [4.78, 5) is 2.49. The van der Waals surface area contributed by atoms with Gasteiger partial charge in [0.1, 0.15) is 5.75 Å². The molecule has 0 bridgehead atoms. The first-order valence-electron chi connectivity index (χ1n) is 7.16. The molecule has 2 N–H and O–H groups in total. The van der Waals surface area contributed by atoms with Crippen molar-refractivity contribution < 1.29 is 5.11 Å². The predicted molar refractivity (Wildman–Crippen MR) is 97.0 cm³/mol. The molecule has 21 heavy (non-hydrogen) atoms. The second kappa shape index (κ2) is 10.7. The van der Waals surface area contributed by atoms with E-state index in [1.54, 1.807) is 0 Å². The molecule has 1 aliphatic heterocycles. The Kier molecular flexibility index (Phi) is 10.7. The van der Waals surface area contributed by atoms with Gasteiger partial charge < -0.3 is 10.4 Å². The van der Waals surface area contributed by atoms with Crippen molar-refractivity contribution in [3.8, 4) is 5.75 Å². The van der Waals surface area contributed by atoms with Crippen molar-refractivity contribution >= 4 is 40.7 Å². The quantitative estimate of drug-likeness (QED) is 0.780. The highest BCUT2D eigenvalue weighted by Gasteiger charge is 2.24. The molecular weight excluding hydrogens is 375 g/mol. The number of nitrogens with zero attached hydrogens (tertiary/aromatic N) is 1. The number of rotatable bonds is 5. The average Bonchev–Trinajstić information content (AvgIpc) is 2.45. The van der Waals surface area contributed by atoms with Crippen molar-refractivity contribution in [3.05, 3.63) is 28.2 Å². The van der Waals surface area contributed by atoms with Crippen molar-refractivity contribution in [1.82, 2.24) is 10.2 Å². The van der Waals surface area contributed by atoms with E-state index < -0.39 is 0 Å². The highest BCUT2D eigenvalue weighted by molar-refractivity contribution is 9.10. The summed E-state index contributed by atoms with van der Waals surface area (Å²) in [6.45, 7) is 6.41.